The van der Waals surface area contributed by atoms with Gasteiger partial charge < -0.3 is 15.4 Å². The lowest BCUT2D eigenvalue weighted by Crippen LogP contribution is -2.39. The number of nitrogens with one attached hydrogen (secondary N) is 1. The zero-order valence-corrected chi connectivity index (χ0v) is 11.5. The Morgan fingerprint density at radius 2 is 1.95 bits per heavy atom. The SMILES string of the molecule is N=C(N)CC1CCN(C(=O)OCc2ccccc2)CC1. The summed E-state index contributed by atoms with van der Waals surface area (Å²) in [7, 11) is 0. The molecule has 0 aromatic heterocycles. The van der Waals surface area contributed by atoms with E-state index in [1.165, 1.54) is 0 Å². The van der Waals surface area contributed by atoms with Crippen LogP contribution in [0.2, 0.25) is 0 Å². The third-order valence-corrected chi connectivity index (χ3v) is 3.59. The lowest BCUT2D eigenvalue weighted by molar-refractivity contribution is 0.0828. The second-order valence-electron chi connectivity index (χ2n) is 5.20. The standard InChI is InChI=1S/C15H21N3O2/c16-14(17)10-12-6-8-18(9-7-12)15(19)20-11-13-4-2-1-3-5-13/h1-5,12H,6-11H2,(H3,16,17). The van der Waals surface area contributed by atoms with Crippen LogP contribution in [0.4, 0.5) is 4.79 Å². The van der Waals surface area contributed by atoms with Crippen LogP contribution in [0.3, 0.4) is 0 Å². The molecule has 0 spiro atoms. The number of nitrogens with zero attached hydrogens (tertiary/aromatic N) is 1. The molecule has 5 nitrogen and oxygen atoms in total. The molecule has 1 fully saturated rings. The van der Waals surface area contributed by atoms with Gasteiger partial charge in [-0.15, -0.1) is 0 Å². The van der Waals surface area contributed by atoms with Crippen LogP contribution < -0.4 is 5.73 Å². The number of amidine groups is 1. The molecule has 5 heteroatoms. The summed E-state index contributed by atoms with van der Waals surface area (Å²) in [5.74, 6) is 0.653. The zero-order chi connectivity index (χ0) is 14.4. The highest BCUT2D eigenvalue weighted by atomic mass is 16.6. The molecular weight excluding hydrogens is 254 g/mol. The van der Waals surface area contributed by atoms with E-state index in [-0.39, 0.29) is 11.9 Å². The number of carbonyl (C=O) groups is 1. The Hall–Kier alpha value is -2.04. The molecule has 2 rings (SSSR count). The fourth-order valence-corrected chi connectivity index (χ4v) is 2.44. The molecule has 20 heavy (non-hydrogen) atoms. The summed E-state index contributed by atoms with van der Waals surface area (Å²) in [6.07, 6.45) is 2.16. The van der Waals surface area contributed by atoms with Crippen LogP contribution >= 0.6 is 0 Å². The molecule has 1 aliphatic rings. The van der Waals surface area contributed by atoms with E-state index in [4.69, 9.17) is 15.9 Å². The van der Waals surface area contributed by atoms with Gasteiger partial charge in [-0.3, -0.25) is 5.41 Å². The first-order valence-corrected chi connectivity index (χ1v) is 6.93. The van der Waals surface area contributed by atoms with Gasteiger partial charge >= 0.3 is 6.09 Å². The molecule has 1 heterocycles. The van der Waals surface area contributed by atoms with Crippen molar-refractivity contribution in [2.45, 2.75) is 25.9 Å². The number of likely N-dealkylation sites (tertiary alicyclic amines) is 1. The predicted molar refractivity (Wildman–Crippen MR) is 77.5 cm³/mol. The third kappa shape index (κ3) is 4.26. The number of hydrogen-bond donors (Lipinski definition) is 2. The number of nitrogens with two attached hydrogens (primary N) is 1. The molecule has 1 aliphatic heterocycles. The second kappa shape index (κ2) is 6.93. The van der Waals surface area contributed by atoms with Crippen molar-refractivity contribution < 1.29 is 9.53 Å². The highest BCUT2D eigenvalue weighted by Crippen LogP contribution is 2.20. The van der Waals surface area contributed by atoms with E-state index < -0.39 is 0 Å². The number of carbonyl (C=O) groups excluding carboxylic acids is 1. The summed E-state index contributed by atoms with van der Waals surface area (Å²) in [6.45, 7) is 1.68. The van der Waals surface area contributed by atoms with Crippen molar-refractivity contribution in [2.75, 3.05) is 13.1 Å². The minimum Gasteiger partial charge on any atom is -0.445 e. The molecular formula is C15H21N3O2. The number of amides is 1. The van der Waals surface area contributed by atoms with E-state index in [1.807, 2.05) is 30.3 Å². The van der Waals surface area contributed by atoms with Crippen molar-refractivity contribution in [3.05, 3.63) is 35.9 Å². The van der Waals surface area contributed by atoms with Gasteiger partial charge in [0.15, 0.2) is 0 Å². The molecule has 108 valence electrons. The molecule has 1 amide bonds. The summed E-state index contributed by atoms with van der Waals surface area (Å²) in [5, 5.41) is 7.30. The summed E-state index contributed by atoms with van der Waals surface area (Å²) < 4.78 is 5.30. The van der Waals surface area contributed by atoms with Crippen molar-refractivity contribution in [2.24, 2.45) is 11.7 Å². The second-order valence-corrected chi connectivity index (χ2v) is 5.20. The smallest absolute Gasteiger partial charge is 0.410 e. The Balaban J connectivity index is 1.73. The van der Waals surface area contributed by atoms with E-state index in [1.54, 1.807) is 4.90 Å². The van der Waals surface area contributed by atoms with E-state index in [0.29, 0.717) is 32.0 Å². The molecule has 0 radical (unpaired) electrons. The summed E-state index contributed by atoms with van der Waals surface area (Å²) in [6, 6.07) is 9.66. The number of ether oxygens (including phenoxy) is 1. The maximum atomic E-state index is 11.9. The number of hydrogen-bond acceptors (Lipinski definition) is 3. The fraction of sp³-hybridized carbons (Fsp3) is 0.467. The van der Waals surface area contributed by atoms with Crippen molar-refractivity contribution >= 4 is 11.9 Å². The average Bonchev–Trinajstić information content (AvgIpc) is 2.46. The van der Waals surface area contributed by atoms with Crippen molar-refractivity contribution in [1.29, 1.82) is 5.41 Å². The summed E-state index contributed by atoms with van der Waals surface area (Å²) in [4.78, 5) is 13.7. The van der Waals surface area contributed by atoms with Crippen LogP contribution in [0.1, 0.15) is 24.8 Å². The van der Waals surface area contributed by atoms with Crippen LogP contribution in [0, 0.1) is 11.3 Å². The Kier molecular flexibility index (Phi) is 4.98. The fourth-order valence-electron chi connectivity index (χ4n) is 2.44. The largest absolute Gasteiger partial charge is 0.445 e. The molecule has 0 atom stereocenters. The van der Waals surface area contributed by atoms with Crippen molar-refractivity contribution in [1.82, 2.24) is 4.90 Å². The number of rotatable bonds is 4. The predicted octanol–water partition coefficient (Wildman–Crippen LogP) is 2.36. The molecule has 1 aromatic rings. The topological polar surface area (TPSA) is 79.4 Å². The first-order chi connectivity index (χ1) is 9.65. The van der Waals surface area contributed by atoms with Gasteiger partial charge in [0.25, 0.3) is 0 Å². The van der Waals surface area contributed by atoms with Gasteiger partial charge in [-0.05, 0) is 24.3 Å². The third-order valence-electron chi connectivity index (χ3n) is 3.59. The van der Waals surface area contributed by atoms with Gasteiger partial charge in [0.2, 0.25) is 0 Å². The van der Waals surface area contributed by atoms with Crippen LogP contribution in [0.15, 0.2) is 30.3 Å². The minimum absolute atomic E-state index is 0.232. The van der Waals surface area contributed by atoms with E-state index >= 15 is 0 Å². The molecule has 0 unspecified atom stereocenters. The Labute approximate surface area is 119 Å². The van der Waals surface area contributed by atoms with Gasteiger partial charge in [0.05, 0.1) is 5.84 Å². The van der Waals surface area contributed by atoms with E-state index in [2.05, 4.69) is 0 Å². The molecule has 0 bridgehead atoms. The minimum atomic E-state index is -0.255. The Morgan fingerprint density at radius 3 is 2.55 bits per heavy atom. The van der Waals surface area contributed by atoms with Gasteiger partial charge in [0.1, 0.15) is 6.61 Å². The molecule has 3 N–H and O–H groups in total. The zero-order valence-electron chi connectivity index (χ0n) is 11.5. The van der Waals surface area contributed by atoms with Gasteiger partial charge in [-0.2, -0.15) is 0 Å². The van der Waals surface area contributed by atoms with Gasteiger partial charge in [-0.1, -0.05) is 30.3 Å². The van der Waals surface area contributed by atoms with Crippen LogP contribution in [0.5, 0.6) is 0 Å². The maximum Gasteiger partial charge on any atom is 0.410 e. The summed E-state index contributed by atoms with van der Waals surface area (Å²) >= 11 is 0. The Bertz CT molecular complexity index is 453. The van der Waals surface area contributed by atoms with E-state index in [0.717, 1.165) is 18.4 Å². The first kappa shape index (κ1) is 14.4. The van der Waals surface area contributed by atoms with Crippen LogP contribution in [-0.4, -0.2) is 29.9 Å². The first-order valence-electron chi connectivity index (χ1n) is 6.93. The maximum absolute atomic E-state index is 11.9. The highest BCUT2D eigenvalue weighted by molar-refractivity contribution is 5.77. The quantitative estimate of drug-likeness (QED) is 0.654. The number of piperidine rings is 1. The van der Waals surface area contributed by atoms with Crippen LogP contribution in [0.25, 0.3) is 0 Å². The van der Waals surface area contributed by atoms with E-state index in [9.17, 15) is 4.79 Å². The van der Waals surface area contributed by atoms with Crippen molar-refractivity contribution in [3.8, 4) is 0 Å². The van der Waals surface area contributed by atoms with Gasteiger partial charge in [0, 0.05) is 19.5 Å². The molecule has 1 aromatic carbocycles. The van der Waals surface area contributed by atoms with Crippen LogP contribution in [-0.2, 0) is 11.3 Å². The molecule has 1 saturated heterocycles. The lowest BCUT2D eigenvalue weighted by Gasteiger charge is -2.31. The lowest BCUT2D eigenvalue weighted by atomic mass is 9.93. The highest BCUT2D eigenvalue weighted by Gasteiger charge is 2.24. The molecule has 0 saturated carbocycles. The van der Waals surface area contributed by atoms with Gasteiger partial charge in [-0.25, -0.2) is 4.79 Å². The Morgan fingerprint density at radius 1 is 1.30 bits per heavy atom. The average molecular weight is 275 g/mol. The number of benzene rings is 1. The monoisotopic (exact) mass is 275 g/mol. The normalized spacial score (nSPS) is 15.9. The van der Waals surface area contributed by atoms with Crippen molar-refractivity contribution in [3.63, 3.8) is 0 Å². The summed E-state index contributed by atoms with van der Waals surface area (Å²) in [5.41, 5.74) is 6.40. The molecule has 0 aliphatic carbocycles.